The molecule has 0 aromatic rings. The van der Waals surface area contributed by atoms with Crippen molar-refractivity contribution in [1.82, 2.24) is 0 Å². The minimum atomic E-state index is -1.08. The Hall–Kier alpha value is -0.260. The topological polar surface area (TPSA) is 38.7 Å². The monoisotopic (exact) mass is 278 g/mol. The predicted molar refractivity (Wildman–Crippen MR) is 77.1 cm³/mol. The Morgan fingerprint density at radius 1 is 1.00 bits per heavy atom. The number of rotatable bonds is 3. The molecule has 0 rings (SSSR count). The Morgan fingerprint density at radius 3 is 1.76 bits per heavy atom. The molecule has 1 atom stereocenters. The van der Waals surface area contributed by atoms with Gasteiger partial charge in [-0.15, -0.1) is 0 Å². The summed E-state index contributed by atoms with van der Waals surface area (Å²) in [6.07, 6.45) is -1.08. The van der Waals surface area contributed by atoms with Crippen LogP contribution in [-0.2, 0) is 9.47 Å². The number of aliphatic hydroxyl groups is 1. The molecular formula is C12H22O3S2. The number of hydrogen-bond donors (Lipinski definition) is 1. The highest BCUT2D eigenvalue weighted by Crippen LogP contribution is 2.19. The lowest BCUT2D eigenvalue weighted by molar-refractivity contribution is -0.0645. The highest BCUT2D eigenvalue weighted by Gasteiger charge is 2.23. The van der Waals surface area contributed by atoms with Crippen LogP contribution >= 0.6 is 24.4 Å². The van der Waals surface area contributed by atoms with Crippen molar-refractivity contribution in [3.8, 4) is 0 Å². The summed E-state index contributed by atoms with van der Waals surface area (Å²) in [5.74, 6) is 0. The summed E-state index contributed by atoms with van der Waals surface area (Å²) < 4.78 is 10.5. The van der Waals surface area contributed by atoms with E-state index in [2.05, 4.69) is 0 Å². The molecule has 0 radical (unpaired) electrons. The molecule has 0 saturated carbocycles. The van der Waals surface area contributed by atoms with Gasteiger partial charge in [-0.1, -0.05) is 41.5 Å². The second-order valence-corrected chi connectivity index (χ2v) is 6.70. The highest BCUT2D eigenvalue weighted by atomic mass is 32.1. The molecule has 0 amide bonds. The first kappa shape index (κ1) is 16.7. The van der Waals surface area contributed by atoms with Crippen molar-refractivity contribution >= 4 is 34.5 Å². The zero-order valence-corrected chi connectivity index (χ0v) is 13.0. The first-order valence-corrected chi connectivity index (χ1v) is 6.32. The fourth-order valence-corrected chi connectivity index (χ4v) is 0.877. The van der Waals surface area contributed by atoms with Gasteiger partial charge in [-0.05, 0) is 24.4 Å². The number of thiocarbonyl (C=S) groups is 2. The van der Waals surface area contributed by atoms with E-state index in [1.54, 1.807) is 0 Å². The molecular weight excluding hydrogens is 256 g/mol. The van der Waals surface area contributed by atoms with Gasteiger partial charge in [0.2, 0.25) is 6.29 Å². The molecule has 17 heavy (non-hydrogen) atoms. The summed E-state index contributed by atoms with van der Waals surface area (Å²) >= 11 is 10.1. The van der Waals surface area contributed by atoms with E-state index in [0.29, 0.717) is 10.1 Å². The quantitative estimate of drug-likeness (QED) is 0.634. The van der Waals surface area contributed by atoms with Crippen LogP contribution in [0, 0.1) is 10.8 Å². The first-order chi connectivity index (χ1) is 7.44. The third-order valence-electron chi connectivity index (χ3n) is 1.82. The Labute approximate surface area is 114 Å². The average molecular weight is 278 g/mol. The second kappa shape index (κ2) is 6.07. The maximum atomic E-state index is 9.60. The molecule has 100 valence electrons. The van der Waals surface area contributed by atoms with Crippen LogP contribution in [0.3, 0.4) is 0 Å². The van der Waals surface area contributed by atoms with Crippen molar-refractivity contribution in [1.29, 1.82) is 0 Å². The fraction of sp³-hybridized carbons (Fsp3) is 0.833. The Kier molecular flexibility index (Phi) is 5.98. The van der Waals surface area contributed by atoms with Crippen LogP contribution in [0.2, 0.25) is 0 Å². The molecule has 1 N–H and O–H groups in total. The second-order valence-electron chi connectivity index (χ2n) is 5.96. The zero-order valence-electron chi connectivity index (χ0n) is 11.4. The molecule has 5 heteroatoms. The van der Waals surface area contributed by atoms with Crippen molar-refractivity contribution in [3.63, 3.8) is 0 Å². The van der Waals surface area contributed by atoms with Crippen LogP contribution in [0.1, 0.15) is 41.5 Å². The lowest BCUT2D eigenvalue weighted by Gasteiger charge is -2.25. The van der Waals surface area contributed by atoms with Gasteiger partial charge >= 0.3 is 0 Å². The van der Waals surface area contributed by atoms with Crippen molar-refractivity contribution in [2.45, 2.75) is 47.8 Å². The maximum absolute atomic E-state index is 9.60. The number of ether oxygens (including phenoxy) is 2. The maximum Gasteiger partial charge on any atom is 0.232 e. The largest absolute Gasteiger partial charge is 0.480 e. The molecule has 0 aliphatic rings. The van der Waals surface area contributed by atoms with E-state index < -0.39 is 6.29 Å². The van der Waals surface area contributed by atoms with Gasteiger partial charge in [0.05, 0.1) is 0 Å². The van der Waals surface area contributed by atoms with Gasteiger partial charge in [-0.3, -0.25) is 0 Å². The average Bonchev–Trinajstić information content (AvgIpc) is 2.10. The predicted octanol–water partition coefficient (Wildman–Crippen LogP) is 3.09. The lowest BCUT2D eigenvalue weighted by atomic mass is 9.98. The molecule has 0 aromatic heterocycles. The van der Waals surface area contributed by atoms with E-state index in [1.807, 2.05) is 41.5 Å². The van der Waals surface area contributed by atoms with Crippen molar-refractivity contribution < 1.29 is 14.6 Å². The zero-order chi connectivity index (χ0) is 13.9. The smallest absolute Gasteiger partial charge is 0.232 e. The number of aliphatic hydroxyl groups excluding tert-OH is 1. The minimum absolute atomic E-state index is 0.00762. The van der Waals surface area contributed by atoms with Gasteiger partial charge in [0.25, 0.3) is 0 Å². The molecule has 0 saturated heterocycles. The molecule has 0 bridgehead atoms. The molecule has 0 aliphatic carbocycles. The Bertz CT molecular complexity index is 287. The highest BCUT2D eigenvalue weighted by molar-refractivity contribution is 7.80. The summed E-state index contributed by atoms with van der Waals surface area (Å²) in [5, 5.41) is 10.4. The lowest BCUT2D eigenvalue weighted by Crippen LogP contribution is -2.31. The van der Waals surface area contributed by atoms with E-state index in [9.17, 15) is 5.11 Å². The first-order valence-electron chi connectivity index (χ1n) is 5.51. The molecule has 0 fully saturated rings. The van der Waals surface area contributed by atoms with Gasteiger partial charge in [0, 0.05) is 10.8 Å². The minimum Gasteiger partial charge on any atom is -0.480 e. The van der Waals surface area contributed by atoms with Crippen LogP contribution in [0.15, 0.2) is 0 Å². The Morgan fingerprint density at radius 2 is 1.41 bits per heavy atom. The van der Waals surface area contributed by atoms with Crippen molar-refractivity contribution in [2.75, 3.05) is 6.61 Å². The summed E-state index contributed by atoms with van der Waals surface area (Å²) in [4.78, 5) is 0. The third kappa shape index (κ3) is 6.91. The molecule has 0 aliphatic heterocycles. The van der Waals surface area contributed by atoms with Gasteiger partial charge in [-0.2, -0.15) is 0 Å². The number of hydrogen-bond acceptors (Lipinski definition) is 5. The van der Waals surface area contributed by atoms with Gasteiger partial charge in [-0.25, -0.2) is 0 Å². The van der Waals surface area contributed by atoms with Crippen LogP contribution in [-0.4, -0.2) is 28.1 Å². The molecule has 0 aromatic carbocycles. The molecule has 0 spiro atoms. The van der Waals surface area contributed by atoms with Crippen LogP contribution in [0.25, 0.3) is 0 Å². The van der Waals surface area contributed by atoms with Gasteiger partial charge in [0.1, 0.15) is 0 Å². The van der Waals surface area contributed by atoms with Crippen molar-refractivity contribution in [2.24, 2.45) is 10.8 Å². The van der Waals surface area contributed by atoms with Crippen LogP contribution in [0.5, 0.6) is 0 Å². The van der Waals surface area contributed by atoms with Gasteiger partial charge in [0.15, 0.2) is 16.7 Å². The van der Waals surface area contributed by atoms with E-state index in [-0.39, 0.29) is 17.4 Å². The molecule has 3 nitrogen and oxygen atoms in total. The molecule has 1 unspecified atom stereocenters. The Balaban J connectivity index is 4.10. The van der Waals surface area contributed by atoms with Gasteiger partial charge < -0.3 is 14.6 Å². The van der Waals surface area contributed by atoms with Crippen molar-refractivity contribution in [3.05, 3.63) is 0 Å². The van der Waals surface area contributed by atoms with E-state index in [0.717, 1.165) is 0 Å². The SMILES string of the molecule is CC(C)(C)C(=S)OCC(O)OC(=S)C(C)(C)C. The summed E-state index contributed by atoms with van der Waals surface area (Å²) in [5.41, 5.74) is -0.500. The summed E-state index contributed by atoms with van der Waals surface area (Å²) in [7, 11) is 0. The summed E-state index contributed by atoms with van der Waals surface area (Å²) in [6, 6.07) is 0. The van der Waals surface area contributed by atoms with E-state index in [4.69, 9.17) is 33.9 Å². The molecule has 0 heterocycles. The normalized spacial score (nSPS) is 14.1. The van der Waals surface area contributed by atoms with Crippen LogP contribution in [0.4, 0.5) is 0 Å². The standard InChI is InChI=1S/C12H22O3S2/c1-11(2,3)9(16)14-7-8(13)15-10(17)12(4,5)6/h8,13H,7H2,1-6H3. The van der Waals surface area contributed by atoms with E-state index >= 15 is 0 Å². The van der Waals surface area contributed by atoms with Crippen LogP contribution < -0.4 is 0 Å². The summed E-state index contributed by atoms with van der Waals surface area (Å²) in [6.45, 7) is 11.6. The fourth-order valence-electron chi connectivity index (χ4n) is 0.698. The third-order valence-corrected chi connectivity index (χ3v) is 3.26. The van der Waals surface area contributed by atoms with E-state index in [1.165, 1.54) is 0 Å².